The third-order valence-corrected chi connectivity index (χ3v) is 5.61. The molecule has 2 aromatic rings. The Labute approximate surface area is 156 Å². The summed E-state index contributed by atoms with van der Waals surface area (Å²) in [6, 6.07) is 17.6. The van der Waals surface area contributed by atoms with E-state index in [1.54, 1.807) is 0 Å². The highest BCUT2D eigenvalue weighted by Crippen LogP contribution is 2.37. The van der Waals surface area contributed by atoms with Crippen LogP contribution in [0.5, 0.6) is 5.75 Å². The molecule has 26 heavy (non-hydrogen) atoms. The predicted octanol–water partition coefficient (Wildman–Crippen LogP) is 4.25. The number of nitrogens with zero attached hydrogens (tertiary/aromatic N) is 2. The number of hydrogen-bond donors (Lipinski definition) is 1. The molecule has 4 heteroatoms. The Bertz CT molecular complexity index is 725. The number of benzene rings is 2. The number of rotatable bonds is 2. The van der Waals surface area contributed by atoms with Crippen molar-refractivity contribution in [3.05, 3.63) is 48.5 Å². The van der Waals surface area contributed by atoms with Crippen LogP contribution in [0.25, 0.3) is 11.1 Å². The van der Waals surface area contributed by atoms with Gasteiger partial charge in [-0.15, -0.1) is 0 Å². The largest absolute Gasteiger partial charge is 0.455 e. The molecule has 4 heterocycles. The van der Waals surface area contributed by atoms with Crippen molar-refractivity contribution in [1.82, 2.24) is 9.80 Å². The predicted molar refractivity (Wildman–Crippen MR) is 107 cm³/mol. The Balaban J connectivity index is 0.000000814. The molecule has 4 aliphatic rings. The van der Waals surface area contributed by atoms with Crippen LogP contribution in [0.1, 0.15) is 26.7 Å². The first-order chi connectivity index (χ1) is 12.9. The molecule has 4 aliphatic heterocycles. The van der Waals surface area contributed by atoms with Crippen molar-refractivity contribution in [2.75, 3.05) is 31.5 Å². The van der Waals surface area contributed by atoms with Crippen LogP contribution >= 0.6 is 0 Å². The zero-order chi connectivity index (χ0) is 17.9. The van der Waals surface area contributed by atoms with Crippen molar-refractivity contribution < 1.29 is 4.74 Å². The van der Waals surface area contributed by atoms with E-state index in [1.165, 1.54) is 37.1 Å². The fourth-order valence-electron chi connectivity index (χ4n) is 4.21. The van der Waals surface area contributed by atoms with E-state index in [-0.39, 0.29) is 6.35 Å². The maximum Gasteiger partial charge on any atom is 0.230 e. The number of piperidine rings is 1. The van der Waals surface area contributed by atoms with Gasteiger partial charge in [0.2, 0.25) is 6.35 Å². The second kappa shape index (κ2) is 7.68. The molecule has 138 valence electrons. The number of fused-ring (bicyclic) bond motifs is 5. The molecule has 0 spiro atoms. The van der Waals surface area contributed by atoms with Crippen LogP contribution in [-0.2, 0) is 0 Å². The lowest BCUT2D eigenvalue weighted by Gasteiger charge is -2.34. The molecule has 0 aromatic heterocycles. The second-order valence-electron chi connectivity index (χ2n) is 7.00. The SMILES string of the molecule is CC.c1ccc(-c2ccc3c(c2)NC(N2CCN4CCC2CC4)O3)cc1. The summed E-state index contributed by atoms with van der Waals surface area (Å²) in [5.74, 6) is 0.971. The van der Waals surface area contributed by atoms with Crippen molar-refractivity contribution in [2.24, 2.45) is 0 Å². The lowest BCUT2D eigenvalue weighted by molar-refractivity contribution is 0.0281. The minimum absolute atomic E-state index is 0.0194. The Morgan fingerprint density at radius 1 is 0.885 bits per heavy atom. The summed E-state index contributed by atoms with van der Waals surface area (Å²) in [4.78, 5) is 5.10. The Morgan fingerprint density at radius 3 is 2.42 bits per heavy atom. The van der Waals surface area contributed by atoms with E-state index in [0.717, 1.165) is 24.5 Å². The van der Waals surface area contributed by atoms with Gasteiger partial charge in [0.1, 0.15) is 5.75 Å². The van der Waals surface area contributed by atoms with E-state index in [0.29, 0.717) is 6.04 Å². The van der Waals surface area contributed by atoms with Crippen molar-refractivity contribution in [2.45, 2.75) is 39.1 Å². The van der Waals surface area contributed by atoms with E-state index in [2.05, 4.69) is 63.6 Å². The van der Waals surface area contributed by atoms with Crippen molar-refractivity contribution in [3.63, 3.8) is 0 Å². The maximum absolute atomic E-state index is 6.24. The number of hydrogen-bond acceptors (Lipinski definition) is 4. The van der Waals surface area contributed by atoms with Gasteiger partial charge in [-0.2, -0.15) is 0 Å². The Hall–Kier alpha value is -2.04. The number of ether oxygens (including phenoxy) is 1. The molecule has 0 aliphatic carbocycles. The first-order valence-corrected chi connectivity index (χ1v) is 9.98. The first kappa shape index (κ1) is 17.4. The summed E-state index contributed by atoms with van der Waals surface area (Å²) < 4.78 is 6.24. The monoisotopic (exact) mass is 351 g/mol. The zero-order valence-corrected chi connectivity index (χ0v) is 15.8. The van der Waals surface area contributed by atoms with Gasteiger partial charge in [0, 0.05) is 19.1 Å². The van der Waals surface area contributed by atoms with Crippen LogP contribution in [0, 0.1) is 0 Å². The Kier molecular flexibility index (Phi) is 5.14. The second-order valence-corrected chi connectivity index (χ2v) is 7.00. The molecular weight excluding hydrogens is 322 g/mol. The molecule has 1 atom stereocenters. The fraction of sp³-hybridized carbons (Fsp3) is 0.455. The van der Waals surface area contributed by atoms with Crippen LogP contribution in [0.2, 0.25) is 0 Å². The molecule has 6 rings (SSSR count). The number of nitrogens with one attached hydrogen (secondary N) is 1. The zero-order valence-electron chi connectivity index (χ0n) is 15.8. The van der Waals surface area contributed by atoms with E-state index in [9.17, 15) is 0 Å². The van der Waals surface area contributed by atoms with Crippen molar-refractivity contribution in [1.29, 1.82) is 0 Å². The van der Waals surface area contributed by atoms with Crippen molar-refractivity contribution in [3.8, 4) is 16.9 Å². The summed E-state index contributed by atoms with van der Waals surface area (Å²) in [5, 5.41) is 3.61. The molecule has 0 amide bonds. The number of anilines is 1. The molecular formula is C22H29N3O. The van der Waals surface area contributed by atoms with Gasteiger partial charge in [-0.1, -0.05) is 50.2 Å². The van der Waals surface area contributed by atoms with E-state index >= 15 is 0 Å². The standard InChI is InChI=1S/C20H23N3O.C2H6/c1-2-4-15(5-3-1)16-6-7-19-18(14-16)21-20(24-19)23-13-12-22-10-8-17(23)9-11-22;1-2/h1-7,14,17,20-21H,8-13H2;1-2H3. The molecule has 2 bridgehead atoms. The first-order valence-electron chi connectivity index (χ1n) is 9.98. The normalized spacial score (nSPS) is 26.8. The van der Waals surface area contributed by atoms with Gasteiger partial charge in [-0.25, -0.2) is 4.90 Å². The highest BCUT2D eigenvalue weighted by Gasteiger charge is 2.37. The molecule has 4 nitrogen and oxygen atoms in total. The van der Waals surface area contributed by atoms with Gasteiger partial charge in [-0.3, -0.25) is 0 Å². The van der Waals surface area contributed by atoms with Crippen LogP contribution < -0.4 is 10.1 Å². The Morgan fingerprint density at radius 2 is 1.65 bits per heavy atom. The molecule has 0 radical (unpaired) electrons. The van der Waals surface area contributed by atoms with Gasteiger partial charge < -0.3 is 15.0 Å². The summed E-state index contributed by atoms with van der Waals surface area (Å²) in [6.07, 6.45) is 2.49. The van der Waals surface area contributed by atoms with Gasteiger partial charge in [-0.05, 0) is 49.2 Å². The molecule has 3 fully saturated rings. The van der Waals surface area contributed by atoms with Crippen LogP contribution in [0.4, 0.5) is 5.69 Å². The molecule has 1 unspecified atom stereocenters. The van der Waals surface area contributed by atoms with Crippen molar-refractivity contribution >= 4 is 5.69 Å². The third kappa shape index (κ3) is 3.31. The molecule has 2 aromatic carbocycles. The lowest BCUT2D eigenvalue weighted by Crippen LogP contribution is -2.48. The smallest absolute Gasteiger partial charge is 0.230 e. The van der Waals surface area contributed by atoms with Gasteiger partial charge in [0.15, 0.2) is 0 Å². The minimum atomic E-state index is -0.0194. The van der Waals surface area contributed by atoms with Gasteiger partial charge >= 0.3 is 0 Å². The average molecular weight is 351 g/mol. The van der Waals surface area contributed by atoms with E-state index < -0.39 is 0 Å². The minimum Gasteiger partial charge on any atom is -0.455 e. The average Bonchev–Trinajstić information content (AvgIpc) is 2.90. The van der Waals surface area contributed by atoms with Gasteiger partial charge in [0.05, 0.1) is 5.69 Å². The molecule has 3 saturated heterocycles. The highest BCUT2D eigenvalue weighted by molar-refractivity contribution is 5.73. The van der Waals surface area contributed by atoms with Crippen LogP contribution in [-0.4, -0.2) is 48.4 Å². The molecule has 0 saturated carbocycles. The third-order valence-electron chi connectivity index (χ3n) is 5.61. The topological polar surface area (TPSA) is 27.7 Å². The fourth-order valence-corrected chi connectivity index (χ4v) is 4.21. The lowest BCUT2D eigenvalue weighted by atomic mass is 10.0. The summed E-state index contributed by atoms with van der Waals surface area (Å²) in [5.41, 5.74) is 3.58. The molecule has 1 N–H and O–H groups in total. The van der Waals surface area contributed by atoms with E-state index in [4.69, 9.17) is 4.74 Å². The van der Waals surface area contributed by atoms with Crippen LogP contribution in [0.15, 0.2) is 48.5 Å². The maximum atomic E-state index is 6.24. The summed E-state index contributed by atoms with van der Waals surface area (Å²) >= 11 is 0. The van der Waals surface area contributed by atoms with Gasteiger partial charge in [0.25, 0.3) is 0 Å². The van der Waals surface area contributed by atoms with E-state index in [1.807, 2.05) is 13.8 Å². The highest BCUT2D eigenvalue weighted by atomic mass is 16.5. The summed E-state index contributed by atoms with van der Waals surface area (Å²) in [6.45, 7) is 8.71. The quantitative estimate of drug-likeness (QED) is 0.875. The summed E-state index contributed by atoms with van der Waals surface area (Å²) in [7, 11) is 0. The van der Waals surface area contributed by atoms with Crippen LogP contribution in [0.3, 0.4) is 0 Å².